The van der Waals surface area contributed by atoms with Gasteiger partial charge in [0.2, 0.25) is 0 Å². The van der Waals surface area contributed by atoms with Gasteiger partial charge in [-0.3, -0.25) is 14.7 Å². The van der Waals surface area contributed by atoms with E-state index in [9.17, 15) is 4.79 Å². The molecular formula is C22H24N4OS. The zero-order chi connectivity index (χ0) is 19.3. The van der Waals surface area contributed by atoms with Gasteiger partial charge in [-0.15, -0.1) is 11.8 Å². The molecule has 144 valence electrons. The number of likely N-dealkylation sites (tertiary alicyclic amines) is 1. The predicted octanol–water partition coefficient (Wildman–Crippen LogP) is 3.93. The first kappa shape index (κ1) is 18.9. The molecule has 0 radical (unpaired) electrons. The lowest BCUT2D eigenvalue weighted by Gasteiger charge is -2.31. The maximum atomic E-state index is 12.2. The Morgan fingerprint density at radius 3 is 2.50 bits per heavy atom. The molecule has 28 heavy (non-hydrogen) atoms. The largest absolute Gasteiger partial charge is 0.307 e. The number of hydrogen-bond donors (Lipinski definition) is 1. The van der Waals surface area contributed by atoms with E-state index in [1.165, 1.54) is 10.5 Å². The Balaban J connectivity index is 1.42. The second-order valence-electron chi connectivity index (χ2n) is 7.15. The third-order valence-electron chi connectivity index (χ3n) is 5.29. The molecule has 0 atom stereocenters. The zero-order valence-corrected chi connectivity index (χ0v) is 16.8. The normalized spacial score (nSPS) is 15.6. The summed E-state index contributed by atoms with van der Waals surface area (Å²) in [6.45, 7) is 3.02. The third kappa shape index (κ3) is 4.51. The molecule has 1 fully saturated rings. The minimum Gasteiger partial charge on any atom is -0.307 e. The summed E-state index contributed by atoms with van der Waals surface area (Å²) in [7, 11) is 0. The van der Waals surface area contributed by atoms with Gasteiger partial charge >= 0.3 is 0 Å². The lowest BCUT2D eigenvalue weighted by Crippen LogP contribution is -2.33. The van der Waals surface area contributed by atoms with Crippen LogP contribution in [-0.4, -0.2) is 39.2 Å². The zero-order valence-electron chi connectivity index (χ0n) is 16.0. The fourth-order valence-corrected chi connectivity index (χ4v) is 4.12. The molecule has 1 saturated heterocycles. The minimum absolute atomic E-state index is 0.0897. The summed E-state index contributed by atoms with van der Waals surface area (Å²) in [6, 6.07) is 14.2. The van der Waals surface area contributed by atoms with Crippen molar-refractivity contribution in [1.29, 1.82) is 0 Å². The van der Waals surface area contributed by atoms with Gasteiger partial charge in [0, 0.05) is 41.4 Å². The van der Waals surface area contributed by atoms with E-state index in [4.69, 9.17) is 4.98 Å². The van der Waals surface area contributed by atoms with Crippen molar-refractivity contribution in [1.82, 2.24) is 19.9 Å². The number of thioether (sulfide) groups is 1. The molecule has 6 heteroatoms. The van der Waals surface area contributed by atoms with E-state index in [0.29, 0.717) is 11.7 Å². The van der Waals surface area contributed by atoms with Crippen LogP contribution in [0.15, 0.2) is 64.5 Å². The van der Waals surface area contributed by atoms with E-state index in [1.54, 1.807) is 30.2 Å². The summed E-state index contributed by atoms with van der Waals surface area (Å²) in [4.78, 5) is 27.6. The number of nitrogens with one attached hydrogen (secondary N) is 1. The smallest absolute Gasteiger partial charge is 0.251 e. The standard InChI is InChI=1S/C22H24N4OS/c1-28-19-4-2-16(3-5-19)15-26-12-8-17(9-13-26)20-14-21(27)25-22(24-20)18-6-10-23-11-7-18/h2-7,10-11,14,17H,8-9,12-13,15H2,1H3,(H,24,25,27). The SMILES string of the molecule is CSc1ccc(CN2CCC(c3cc(=O)[nH]c(-c4ccncc4)n3)CC2)cc1. The molecule has 3 heterocycles. The number of hydrogen-bond acceptors (Lipinski definition) is 5. The average Bonchev–Trinajstić information content (AvgIpc) is 2.75. The van der Waals surface area contributed by atoms with Crippen molar-refractivity contribution in [2.24, 2.45) is 0 Å². The molecule has 0 saturated carbocycles. The summed E-state index contributed by atoms with van der Waals surface area (Å²) >= 11 is 1.77. The number of aromatic nitrogens is 3. The molecular weight excluding hydrogens is 368 g/mol. The maximum Gasteiger partial charge on any atom is 0.251 e. The van der Waals surface area contributed by atoms with Crippen molar-refractivity contribution < 1.29 is 0 Å². The van der Waals surface area contributed by atoms with Crippen molar-refractivity contribution in [3.05, 3.63) is 76.5 Å². The summed E-state index contributed by atoms with van der Waals surface area (Å²) < 4.78 is 0. The van der Waals surface area contributed by atoms with Crippen LogP contribution in [0.2, 0.25) is 0 Å². The van der Waals surface area contributed by atoms with Gasteiger partial charge in [0.25, 0.3) is 5.56 Å². The van der Waals surface area contributed by atoms with Crippen molar-refractivity contribution in [2.75, 3.05) is 19.3 Å². The number of nitrogens with zero attached hydrogens (tertiary/aromatic N) is 3. The Hall–Kier alpha value is -2.44. The van der Waals surface area contributed by atoms with Crippen LogP contribution in [0.5, 0.6) is 0 Å². The number of aromatic amines is 1. The van der Waals surface area contributed by atoms with Crippen molar-refractivity contribution in [3.8, 4) is 11.4 Å². The van der Waals surface area contributed by atoms with E-state index in [0.717, 1.165) is 43.7 Å². The second-order valence-corrected chi connectivity index (χ2v) is 8.03. The quantitative estimate of drug-likeness (QED) is 0.667. The Kier molecular flexibility index (Phi) is 5.88. The van der Waals surface area contributed by atoms with Crippen LogP contribution in [0.4, 0.5) is 0 Å². The molecule has 1 aliphatic heterocycles. The van der Waals surface area contributed by atoms with E-state index >= 15 is 0 Å². The Bertz CT molecular complexity index is 964. The van der Waals surface area contributed by atoms with Gasteiger partial charge in [-0.1, -0.05) is 12.1 Å². The van der Waals surface area contributed by atoms with Crippen LogP contribution in [0.25, 0.3) is 11.4 Å². The molecule has 5 nitrogen and oxygen atoms in total. The topological polar surface area (TPSA) is 61.9 Å². The molecule has 1 aromatic carbocycles. The Labute approximate surface area is 169 Å². The maximum absolute atomic E-state index is 12.2. The van der Waals surface area contributed by atoms with Crippen molar-refractivity contribution >= 4 is 11.8 Å². The molecule has 3 aromatic rings. The predicted molar refractivity (Wildman–Crippen MR) is 114 cm³/mol. The van der Waals surface area contributed by atoms with E-state index in [1.807, 2.05) is 12.1 Å². The highest BCUT2D eigenvalue weighted by Crippen LogP contribution is 2.28. The molecule has 1 N–H and O–H groups in total. The molecule has 0 amide bonds. The van der Waals surface area contributed by atoms with E-state index < -0.39 is 0 Å². The highest BCUT2D eigenvalue weighted by atomic mass is 32.2. The summed E-state index contributed by atoms with van der Waals surface area (Å²) in [5.74, 6) is 0.958. The van der Waals surface area contributed by atoms with Gasteiger partial charge in [-0.2, -0.15) is 0 Å². The fourth-order valence-electron chi connectivity index (χ4n) is 3.71. The highest BCUT2D eigenvalue weighted by Gasteiger charge is 2.22. The highest BCUT2D eigenvalue weighted by molar-refractivity contribution is 7.98. The van der Waals surface area contributed by atoms with Gasteiger partial charge in [0.05, 0.1) is 5.69 Å². The molecule has 0 aliphatic carbocycles. The summed E-state index contributed by atoms with van der Waals surface area (Å²) in [5.41, 5.74) is 3.05. The summed E-state index contributed by atoms with van der Waals surface area (Å²) in [6.07, 6.45) is 7.57. The van der Waals surface area contributed by atoms with Gasteiger partial charge < -0.3 is 4.98 Å². The van der Waals surface area contributed by atoms with E-state index in [-0.39, 0.29) is 5.56 Å². The van der Waals surface area contributed by atoms with Crippen molar-refractivity contribution in [2.45, 2.75) is 30.2 Å². The fraction of sp³-hybridized carbons (Fsp3) is 0.318. The molecule has 0 spiro atoms. The second kappa shape index (κ2) is 8.71. The third-order valence-corrected chi connectivity index (χ3v) is 6.03. The van der Waals surface area contributed by atoms with Gasteiger partial charge in [0.15, 0.2) is 0 Å². The van der Waals surface area contributed by atoms with E-state index in [2.05, 4.69) is 45.4 Å². The van der Waals surface area contributed by atoms with Gasteiger partial charge in [-0.25, -0.2) is 4.98 Å². The van der Waals surface area contributed by atoms with Gasteiger partial charge in [0.1, 0.15) is 5.82 Å². The molecule has 0 bridgehead atoms. The lowest BCUT2D eigenvalue weighted by molar-refractivity contribution is 0.203. The van der Waals surface area contributed by atoms with Crippen LogP contribution in [0.3, 0.4) is 0 Å². The van der Waals surface area contributed by atoms with Crippen molar-refractivity contribution in [3.63, 3.8) is 0 Å². The molecule has 1 aliphatic rings. The first-order chi connectivity index (χ1) is 13.7. The van der Waals surface area contributed by atoms with Crippen LogP contribution in [-0.2, 0) is 6.54 Å². The Morgan fingerprint density at radius 2 is 1.82 bits per heavy atom. The minimum atomic E-state index is -0.0897. The number of pyridine rings is 1. The number of benzene rings is 1. The molecule has 4 rings (SSSR count). The monoisotopic (exact) mass is 392 g/mol. The summed E-state index contributed by atoms with van der Waals surface area (Å²) in [5, 5.41) is 0. The first-order valence-electron chi connectivity index (χ1n) is 9.58. The number of piperidine rings is 1. The van der Waals surface area contributed by atoms with Crippen LogP contribution >= 0.6 is 11.8 Å². The van der Waals surface area contributed by atoms with Crippen LogP contribution in [0, 0.1) is 0 Å². The van der Waals surface area contributed by atoms with Gasteiger partial charge in [-0.05, 0) is 62.0 Å². The molecule has 2 aromatic heterocycles. The lowest BCUT2D eigenvalue weighted by atomic mass is 9.93. The number of rotatable bonds is 5. The van der Waals surface area contributed by atoms with Crippen LogP contribution < -0.4 is 5.56 Å². The number of H-pyrrole nitrogens is 1. The molecule has 0 unspecified atom stereocenters. The van der Waals surface area contributed by atoms with Crippen LogP contribution in [0.1, 0.15) is 30.0 Å². The first-order valence-corrected chi connectivity index (χ1v) is 10.8. The average molecular weight is 393 g/mol. The Morgan fingerprint density at radius 1 is 1.11 bits per heavy atom.